The van der Waals surface area contributed by atoms with Crippen LogP contribution in [-0.4, -0.2) is 24.0 Å². The molecule has 0 radical (unpaired) electrons. The van der Waals surface area contributed by atoms with Gasteiger partial charge in [-0.2, -0.15) is 0 Å². The van der Waals surface area contributed by atoms with E-state index in [9.17, 15) is 9.59 Å². The maximum atomic E-state index is 11.8. The molecule has 20 heavy (non-hydrogen) atoms. The van der Waals surface area contributed by atoms with Gasteiger partial charge in [-0.05, 0) is 38.8 Å². The molecule has 0 saturated heterocycles. The van der Waals surface area contributed by atoms with Crippen molar-refractivity contribution in [1.29, 1.82) is 0 Å². The predicted molar refractivity (Wildman–Crippen MR) is 78.5 cm³/mol. The Morgan fingerprint density at radius 1 is 1.30 bits per heavy atom. The molecule has 0 saturated carbocycles. The molecule has 108 valence electrons. The number of hydrogen-bond acceptors (Lipinski definition) is 3. The molecule has 0 fully saturated rings. The highest BCUT2D eigenvalue weighted by molar-refractivity contribution is 5.69. The second-order valence-corrected chi connectivity index (χ2v) is 5.46. The largest absolute Gasteiger partial charge is 0.444 e. The quantitative estimate of drug-likeness (QED) is 0.664. The molecular formula is C16H21NO3. The molecule has 0 aliphatic carbocycles. The minimum absolute atomic E-state index is 0.280. The first kappa shape index (κ1) is 16.0. The highest BCUT2D eigenvalue weighted by atomic mass is 16.6. The van der Waals surface area contributed by atoms with E-state index < -0.39 is 11.7 Å². The molecule has 0 aromatic heterocycles. The van der Waals surface area contributed by atoms with Crippen LogP contribution in [0, 0.1) is 0 Å². The summed E-state index contributed by atoms with van der Waals surface area (Å²) >= 11 is 0. The van der Waals surface area contributed by atoms with Gasteiger partial charge in [0.25, 0.3) is 0 Å². The molecule has 4 heteroatoms. The van der Waals surface area contributed by atoms with E-state index in [0.29, 0.717) is 12.7 Å². The fourth-order valence-electron chi connectivity index (χ4n) is 1.67. The van der Waals surface area contributed by atoms with E-state index in [2.05, 4.69) is 5.32 Å². The SMILES string of the molecule is CC(C)(C)OC(=O)N[C@@H](/C=C/C=O)Cc1ccccc1. The standard InChI is InChI=1S/C16H21NO3/c1-16(2,3)20-15(19)17-14(10-7-11-18)12-13-8-5-4-6-9-13/h4-11,14H,12H2,1-3H3,(H,17,19)/b10-7+/t14-/m0/s1. The number of amides is 1. The number of rotatable bonds is 5. The van der Waals surface area contributed by atoms with Gasteiger partial charge in [0.1, 0.15) is 11.9 Å². The zero-order valence-corrected chi connectivity index (χ0v) is 12.1. The van der Waals surface area contributed by atoms with Gasteiger partial charge in [-0.25, -0.2) is 4.79 Å². The van der Waals surface area contributed by atoms with E-state index in [-0.39, 0.29) is 6.04 Å². The van der Waals surface area contributed by atoms with Crippen molar-refractivity contribution in [3.63, 3.8) is 0 Å². The van der Waals surface area contributed by atoms with Gasteiger partial charge in [-0.3, -0.25) is 4.79 Å². The molecule has 0 aliphatic rings. The molecule has 0 unspecified atom stereocenters. The molecule has 4 nitrogen and oxygen atoms in total. The lowest BCUT2D eigenvalue weighted by Crippen LogP contribution is -2.39. The Kier molecular flexibility index (Phi) is 5.97. The Labute approximate surface area is 119 Å². The number of carbonyl (C=O) groups excluding carboxylic acids is 2. The Hall–Kier alpha value is -2.10. The van der Waals surface area contributed by atoms with Crippen LogP contribution in [0.2, 0.25) is 0 Å². The zero-order chi connectivity index (χ0) is 15.0. The summed E-state index contributed by atoms with van der Waals surface area (Å²) in [4.78, 5) is 22.2. The van der Waals surface area contributed by atoms with Crippen molar-refractivity contribution in [2.45, 2.75) is 38.8 Å². The number of carbonyl (C=O) groups is 2. The van der Waals surface area contributed by atoms with Gasteiger partial charge >= 0.3 is 6.09 Å². The van der Waals surface area contributed by atoms with Gasteiger partial charge in [0, 0.05) is 0 Å². The van der Waals surface area contributed by atoms with Gasteiger partial charge in [0.2, 0.25) is 0 Å². The number of hydrogen-bond donors (Lipinski definition) is 1. The molecule has 0 bridgehead atoms. The lowest BCUT2D eigenvalue weighted by molar-refractivity contribution is -0.104. The fourth-order valence-corrected chi connectivity index (χ4v) is 1.67. The number of benzene rings is 1. The smallest absolute Gasteiger partial charge is 0.408 e. The summed E-state index contributed by atoms with van der Waals surface area (Å²) in [5, 5.41) is 2.75. The van der Waals surface area contributed by atoms with E-state index in [1.807, 2.05) is 30.3 Å². The van der Waals surface area contributed by atoms with Crippen molar-refractivity contribution in [2.75, 3.05) is 0 Å². The van der Waals surface area contributed by atoms with E-state index in [1.165, 1.54) is 6.08 Å². The average molecular weight is 275 g/mol. The molecule has 1 N–H and O–H groups in total. The second kappa shape index (κ2) is 7.48. The number of allylic oxidation sites excluding steroid dienone is 1. The first-order valence-electron chi connectivity index (χ1n) is 6.56. The summed E-state index contributed by atoms with van der Waals surface area (Å²) < 4.78 is 5.21. The van der Waals surface area contributed by atoms with Gasteiger partial charge in [0.05, 0.1) is 6.04 Å². The summed E-state index contributed by atoms with van der Waals surface area (Å²) in [6, 6.07) is 9.46. The third-order valence-corrected chi connectivity index (χ3v) is 2.42. The number of alkyl carbamates (subject to hydrolysis) is 1. The van der Waals surface area contributed by atoms with Crippen LogP contribution in [0.5, 0.6) is 0 Å². The molecule has 0 aliphatic heterocycles. The van der Waals surface area contributed by atoms with Crippen LogP contribution in [-0.2, 0) is 16.0 Å². The molecule has 1 aromatic rings. The van der Waals surface area contributed by atoms with Crippen LogP contribution in [0.1, 0.15) is 26.3 Å². The van der Waals surface area contributed by atoms with Crippen LogP contribution in [0.4, 0.5) is 4.79 Å². The maximum Gasteiger partial charge on any atom is 0.408 e. The first-order chi connectivity index (χ1) is 9.40. The van der Waals surface area contributed by atoms with Crippen molar-refractivity contribution in [1.82, 2.24) is 5.32 Å². The molecule has 1 atom stereocenters. The van der Waals surface area contributed by atoms with Crippen LogP contribution < -0.4 is 5.32 Å². The Morgan fingerprint density at radius 2 is 1.95 bits per heavy atom. The highest BCUT2D eigenvalue weighted by Crippen LogP contribution is 2.09. The first-order valence-corrected chi connectivity index (χ1v) is 6.56. The topological polar surface area (TPSA) is 55.4 Å². The van der Waals surface area contributed by atoms with Crippen molar-refractivity contribution in [2.24, 2.45) is 0 Å². The van der Waals surface area contributed by atoms with Crippen LogP contribution in [0.15, 0.2) is 42.5 Å². The lowest BCUT2D eigenvalue weighted by atomic mass is 10.1. The van der Waals surface area contributed by atoms with E-state index in [1.54, 1.807) is 26.8 Å². The van der Waals surface area contributed by atoms with Gasteiger partial charge in [-0.15, -0.1) is 0 Å². The summed E-state index contributed by atoms with van der Waals surface area (Å²) in [7, 11) is 0. The minimum atomic E-state index is -0.546. The fraction of sp³-hybridized carbons (Fsp3) is 0.375. The van der Waals surface area contributed by atoms with Crippen molar-refractivity contribution in [3.05, 3.63) is 48.0 Å². The van der Waals surface area contributed by atoms with E-state index >= 15 is 0 Å². The number of aldehydes is 1. The molecule has 0 spiro atoms. The molecule has 1 aromatic carbocycles. The van der Waals surface area contributed by atoms with Crippen LogP contribution in [0.25, 0.3) is 0 Å². The van der Waals surface area contributed by atoms with Crippen molar-refractivity contribution >= 4 is 12.4 Å². The highest BCUT2D eigenvalue weighted by Gasteiger charge is 2.18. The third kappa shape index (κ3) is 6.73. The Bertz CT molecular complexity index is 460. The summed E-state index contributed by atoms with van der Waals surface area (Å²) in [6.45, 7) is 5.42. The number of ether oxygens (including phenoxy) is 1. The lowest BCUT2D eigenvalue weighted by Gasteiger charge is -2.22. The molecule has 0 heterocycles. The maximum absolute atomic E-state index is 11.8. The van der Waals surface area contributed by atoms with Gasteiger partial charge in [-0.1, -0.05) is 36.4 Å². The third-order valence-electron chi connectivity index (χ3n) is 2.42. The van der Waals surface area contributed by atoms with E-state index in [4.69, 9.17) is 4.74 Å². The normalized spacial score (nSPS) is 12.9. The van der Waals surface area contributed by atoms with Gasteiger partial charge < -0.3 is 10.1 Å². The Balaban J connectivity index is 2.67. The van der Waals surface area contributed by atoms with E-state index in [0.717, 1.165) is 5.56 Å². The average Bonchev–Trinajstić information content (AvgIpc) is 2.35. The number of nitrogens with one attached hydrogen (secondary N) is 1. The minimum Gasteiger partial charge on any atom is -0.444 e. The van der Waals surface area contributed by atoms with Crippen LogP contribution >= 0.6 is 0 Å². The Morgan fingerprint density at radius 3 is 2.50 bits per heavy atom. The molecule has 1 amide bonds. The van der Waals surface area contributed by atoms with Crippen LogP contribution in [0.3, 0.4) is 0 Å². The molecule has 1 rings (SSSR count). The summed E-state index contributed by atoms with van der Waals surface area (Å²) in [5.41, 5.74) is 0.527. The zero-order valence-electron chi connectivity index (χ0n) is 12.1. The summed E-state index contributed by atoms with van der Waals surface area (Å²) in [6.07, 6.45) is 3.84. The summed E-state index contributed by atoms with van der Waals surface area (Å²) in [5.74, 6) is 0. The monoisotopic (exact) mass is 275 g/mol. The van der Waals surface area contributed by atoms with Crippen molar-refractivity contribution in [3.8, 4) is 0 Å². The second-order valence-electron chi connectivity index (χ2n) is 5.46. The predicted octanol–water partition coefficient (Wildman–Crippen LogP) is 2.88. The van der Waals surface area contributed by atoms with Gasteiger partial charge in [0.15, 0.2) is 0 Å². The van der Waals surface area contributed by atoms with Crippen molar-refractivity contribution < 1.29 is 14.3 Å². The molecular weight excluding hydrogens is 254 g/mol.